The summed E-state index contributed by atoms with van der Waals surface area (Å²) in [5.74, 6) is -0.825. The Morgan fingerprint density at radius 3 is 1.74 bits per heavy atom. The van der Waals surface area contributed by atoms with E-state index in [9.17, 15) is 22.6 Å². The number of anilines is 4. The number of fused-ring (bicyclic) bond motifs is 2. The molecule has 4 aromatic rings. The molecule has 0 spiro atoms. The summed E-state index contributed by atoms with van der Waals surface area (Å²) >= 11 is 0.721. The third-order valence-corrected chi connectivity index (χ3v) is 7.78. The largest absolute Gasteiger partial charge is 0.354 e. The van der Waals surface area contributed by atoms with Crippen molar-refractivity contribution in [1.82, 2.24) is 0 Å². The van der Waals surface area contributed by atoms with Crippen LogP contribution in [-0.4, -0.2) is 29.8 Å². The van der Waals surface area contributed by atoms with Gasteiger partial charge < -0.3 is 10.6 Å². The summed E-state index contributed by atoms with van der Waals surface area (Å²) in [7, 11) is -4.59. The molecule has 0 atom stereocenters. The molecule has 0 bridgehead atoms. The monoisotopic (exact) mass is 562 g/mol. The summed E-state index contributed by atoms with van der Waals surface area (Å²) in [6.07, 6.45) is 0. The number of hydrogen-bond acceptors (Lipinski definition) is 9. The van der Waals surface area contributed by atoms with E-state index in [1.807, 2.05) is 13.0 Å². The Kier molecular flexibility index (Phi) is 7.02. The molecule has 5 rings (SSSR count). The van der Waals surface area contributed by atoms with Gasteiger partial charge in [-0.25, -0.2) is 5.26 Å². The van der Waals surface area contributed by atoms with Crippen LogP contribution in [-0.2, 0) is 14.5 Å². The van der Waals surface area contributed by atoms with Gasteiger partial charge in [0.05, 0.1) is 50.8 Å². The average Bonchev–Trinajstić information content (AvgIpc) is 2.90. The van der Waals surface area contributed by atoms with Crippen molar-refractivity contribution in [3.8, 4) is 0 Å². The van der Waals surface area contributed by atoms with Crippen molar-refractivity contribution in [3.63, 3.8) is 0 Å². The third kappa shape index (κ3) is 5.05. The van der Waals surface area contributed by atoms with Crippen molar-refractivity contribution < 1.29 is 32.2 Å². The van der Waals surface area contributed by atoms with Gasteiger partial charge in [0.1, 0.15) is 4.90 Å². The van der Waals surface area contributed by atoms with Crippen LogP contribution in [0.15, 0.2) is 82.6 Å². The Balaban J connectivity index is 1.69. The Hall–Kier alpha value is -4.00. The molecule has 0 radical (unpaired) electrons. The maximum atomic E-state index is 13.8. The summed E-state index contributed by atoms with van der Waals surface area (Å²) in [4.78, 5) is 27.7. The van der Waals surface area contributed by atoms with Gasteiger partial charge in [-0.2, -0.15) is 12.8 Å². The first-order valence-electron chi connectivity index (χ1n) is 11.6. The number of carbonyl (C=O) groups is 2. The SMILES string of the molecule is Cc1ccc(Nc2ccc(Nc3ccc(C)cc3S(=O)(=O)O)c3c2C(=O)c2ccccc2C3=O)c(SOO)c1. The van der Waals surface area contributed by atoms with Crippen molar-refractivity contribution in [1.29, 1.82) is 0 Å². The molecule has 0 fully saturated rings. The van der Waals surface area contributed by atoms with Crippen LogP contribution in [0.4, 0.5) is 22.7 Å². The lowest BCUT2D eigenvalue weighted by Crippen LogP contribution is -2.23. The van der Waals surface area contributed by atoms with Gasteiger partial charge in [0.25, 0.3) is 10.1 Å². The van der Waals surface area contributed by atoms with Crippen LogP contribution in [0.1, 0.15) is 43.0 Å². The fourth-order valence-electron chi connectivity index (χ4n) is 4.51. The second-order valence-electron chi connectivity index (χ2n) is 9.00. The molecule has 39 heavy (non-hydrogen) atoms. The molecule has 1 aliphatic carbocycles. The lowest BCUT2D eigenvalue weighted by Gasteiger charge is -2.24. The van der Waals surface area contributed by atoms with Gasteiger partial charge in [0.2, 0.25) is 0 Å². The predicted octanol–water partition coefficient (Wildman–Crippen LogP) is 6.31. The maximum absolute atomic E-state index is 13.8. The number of ketones is 2. The Morgan fingerprint density at radius 2 is 1.21 bits per heavy atom. The number of hydrogen-bond donors (Lipinski definition) is 4. The first kappa shape index (κ1) is 26.6. The molecule has 0 heterocycles. The van der Waals surface area contributed by atoms with Gasteiger partial charge >= 0.3 is 0 Å². The molecule has 9 nitrogen and oxygen atoms in total. The summed E-state index contributed by atoms with van der Waals surface area (Å²) in [5.41, 5.74) is 3.19. The highest BCUT2D eigenvalue weighted by atomic mass is 32.2. The number of benzene rings is 4. The van der Waals surface area contributed by atoms with Crippen LogP contribution in [0.25, 0.3) is 0 Å². The van der Waals surface area contributed by atoms with E-state index in [1.54, 1.807) is 61.5 Å². The highest BCUT2D eigenvalue weighted by Gasteiger charge is 2.34. The van der Waals surface area contributed by atoms with Crippen molar-refractivity contribution in [2.24, 2.45) is 0 Å². The number of aryl methyl sites for hydroxylation is 2. The van der Waals surface area contributed by atoms with Crippen molar-refractivity contribution in [3.05, 3.63) is 106 Å². The molecular formula is C28H22N2O7S2. The zero-order valence-corrected chi connectivity index (χ0v) is 22.3. The second-order valence-corrected chi connectivity index (χ2v) is 11.1. The first-order valence-corrected chi connectivity index (χ1v) is 13.8. The topological polar surface area (TPSA) is 142 Å². The van der Waals surface area contributed by atoms with Crippen molar-refractivity contribution in [2.45, 2.75) is 23.6 Å². The van der Waals surface area contributed by atoms with E-state index >= 15 is 0 Å². The van der Waals surface area contributed by atoms with E-state index in [2.05, 4.69) is 15.0 Å². The fraction of sp³-hybridized carbons (Fsp3) is 0.0714. The van der Waals surface area contributed by atoms with Crippen LogP contribution in [0.2, 0.25) is 0 Å². The van der Waals surface area contributed by atoms with E-state index in [0.717, 1.165) is 17.6 Å². The van der Waals surface area contributed by atoms with Crippen molar-refractivity contribution in [2.75, 3.05) is 10.6 Å². The minimum atomic E-state index is -4.59. The molecule has 4 N–H and O–H groups in total. The van der Waals surface area contributed by atoms with Crippen LogP contribution < -0.4 is 10.6 Å². The third-order valence-electron chi connectivity index (χ3n) is 6.29. The van der Waals surface area contributed by atoms with Gasteiger partial charge in [-0.3, -0.25) is 14.1 Å². The fourth-order valence-corrected chi connectivity index (χ4v) is 5.76. The summed E-state index contributed by atoms with van der Waals surface area (Å²) in [5, 5.41) is 15.1. The van der Waals surface area contributed by atoms with Crippen LogP contribution in [0.5, 0.6) is 0 Å². The molecule has 1 aliphatic rings. The lowest BCUT2D eigenvalue weighted by atomic mass is 9.82. The smallest absolute Gasteiger partial charge is 0.296 e. The van der Waals surface area contributed by atoms with Crippen LogP contribution in [0.3, 0.4) is 0 Å². The predicted molar refractivity (Wildman–Crippen MR) is 148 cm³/mol. The average molecular weight is 563 g/mol. The quantitative estimate of drug-likeness (QED) is 0.0771. The van der Waals surface area contributed by atoms with Gasteiger partial charge in [-0.1, -0.05) is 36.4 Å². The number of rotatable bonds is 7. The molecular weight excluding hydrogens is 540 g/mol. The van der Waals surface area contributed by atoms with Gasteiger partial charge in [-0.05, 0) is 61.4 Å². The standard InChI is InChI=1S/C28H22N2O7S2/c1-15-7-9-19(23(13-15)38-37-33)29-21-11-12-22(30-20-10-8-16(2)14-24(20)39(34,35)36)26-25(21)27(31)17-5-3-4-6-18(17)28(26)32/h3-14,29-30,33H,1-2H3,(H,34,35,36). The molecule has 198 valence electrons. The lowest BCUT2D eigenvalue weighted by molar-refractivity contribution is -0.116. The second kappa shape index (κ2) is 10.3. The first-order chi connectivity index (χ1) is 18.6. The highest BCUT2D eigenvalue weighted by molar-refractivity contribution is 7.94. The molecule has 0 saturated heterocycles. The normalized spacial score (nSPS) is 12.6. The van der Waals surface area contributed by atoms with Crippen LogP contribution >= 0.6 is 12.0 Å². The zero-order chi connectivity index (χ0) is 27.9. The van der Waals surface area contributed by atoms with E-state index in [4.69, 9.17) is 5.26 Å². The molecule has 11 heteroatoms. The summed E-state index contributed by atoms with van der Waals surface area (Å²) < 4.78 is 38.2. The molecule has 0 aliphatic heterocycles. The molecule has 0 saturated carbocycles. The van der Waals surface area contributed by atoms with E-state index in [-0.39, 0.29) is 38.5 Å². The minimum absolute atomic E-state index is 0.0439. The number of carbonyl (C=O) groups excluding carboxylic acids is 2. The van der Waals surface area contributed by atoms with E-state index in [1.165, 1.54) is 12.1 Å². The van der Waals surface area contributed by atoms with Gasteiger partial charge in [-0.15, -0.1) is 0 Å². The van der Waals surface area contributed by atoms with Crippen LogP contribution in [0, 0.1) is 13.8 Å². The summed E-state index contributed by atoms with van der Waals surface area (Å²) in [6, 6.07) is 19.4. The molecule has 0 amide bonds. The molecule has 0 unspecified atom stereocenters. The van der Waals surface area contributed by atoms with Gasteiger partial charge in [0.15, 0.2) is 11.6 Å². The highest BCUT2D eigenvalue weighted by Crippen LogP contribution is 2.40. The maximum Gasteiger partial charge on any atom is 0.296 e. The molecule has 0 aromatic heterocycles. The zero-order valence-electron chi connectivity index (χ0n) is 20.7. The number of nitrogens with one attached hydrogen (secondary N) is 2. The Labute approximate surface area is 228 Å². The minimum Gasteiger partial charge on any atom is -0.354 e. The Morgan fingerprint density at radius 1 is 0.718 bits per heavy atom. The summed E-state index contributed by atoms with van der Waals surface area (Å²) in [6.45, 7) is 3.55. The van der Waals surface area contributed by atoms with Crippen molar-refractivity contribution >= 4 is 56.5 Å². The van der Waals surface area contributed by atoms with Gasteiger partial charge in [0, 0.05) is 11.1 Å². The molecule has 4 aromatic carbocycles. The van der Waals surface area contributed by atoms with E-state index in [0.29, 0.717) is 21.8 Å². The van der Waals surface area contributed by atoms with E-state index < -0.39 is 21.7 Å². The Bertz CT molecular complexity index is 1770.